The zero-order valence-electron chi connectivity index (χ0n) is 13.1. The molecule has 1 fully saturated rings. The molecule has 0 saturated carbocycles. The summed E-state index contributed by atoms with van der Waals surface area (Å²) in [6.07, 6.45) is 1.13. The lowest BCUT2D eigenvalue weighted by Gasteiger charge is -2.50. The van der Waals surface area contributed by atoms with Crippen molar-refractivity contribution in [1.29, 1.82) is 0 Å². The number of morpholine rings is 1. The van der Waals surface area contributed by atoms with Gasteiger partial charge in [0, 0.05) is 31.4 Å². The lowest BCUT2D eigenvalue weighted by molar-refractivity contribution is -0.187. The van der Waals surface area contributed by atoms with Gasteiger partial charge in [0.05, 0.1) is 11.2 Å². The number of nitrogens with zero attached hydrogens (tertiary/aromatic N) is 1. The summed E-state index contributed by atoms with van der Waals surface area (Å²) >= 11 is 0. The van der Waals surface area contributed by atoms with Gasteiger partial charge in [0.25, 0.3) is 0 Å². The molecule has 2 aliphatic heterocycles. The number of rotatable bonds is 1. The van der Waals surface area contributed by atoms with Gasteiger partial charge < -0.3 is 10.1 Å². The monoisotopic (exact) mass is 274 g/mol. The second-order valence-corrected chi connectivity index (χ2v) is 7.42. The van der Waals surface area contributed by atoms with Gasteiger partial charge in [-0.05, 0) is 45.7 Å². The minimum absolute atomic E-state index is 0.0707. The fraction of sp³-hybridized carbons (Fsp3) is 0.647. The average molecular weight is 274 g/mol. The molecule has 1 unspecified atom stereocenters. The molecule has 2 heterocycles. The molecule has 0 amide bonds. The summed E-state index contributed by atoms with van der Waals surface area (Å²) in [5, 5.41) is 3.58. The molecule has 1 aromatic rings. The number of nitrogens with one attached hydrogen (secondary N) is 1. The average Bonchev–Trinajstić information content (AvgIpc) is 2.34. The Morgan fingerprint density at radius 3 is 2.45 bits per heavy atom. The molecule has 3 nitrogen and oxygen atoms in total. The molecule has 110 valence electrons. The first-order valence-corrected chi connectivity index (χ1v) is 7.61. The molecule has 0 bridgehead atoms. The third-order valence-corrected chi connectivity index (χ3v) is 4.24. The number of anilines is 1. The Kier molecular flexibility index (Phi) is 3.30. The number of ether oxygens (including phenoxy) is 1. The topological polar surface area (TPSA) is 24.5 Å². The maximum absolute atomic E-state index is 6.19. The number of hydrogen-bond acceptors (Lipinski definition) is 3. The Morgan fingerprint density at radius 2 is 1.75 bits per heavy atom. The van der Waals surface area contributed by atoms with Crippen LogP contribution < -0.4 is 5.32 Å². The molecule has 1 atom stereocenters. The Morgan fingerprint density at radius 1 is 1.10 bits per heavy atom. The summed E-state index contributed by atoms with van der Waals surface area (Å²) in [5.74, 6) is 0. The number of benzene rings is 1. The van der Waals surface area contributed by atoms with Gasteiger partial charge in [-0.1, -0.05) is 18.2 Å². The summed E-state index contributed by atoms with van der Waals surface area (Å²) < 4.78 is 6.19. The summed E-state index contributed by atoms with van der Waals surface area (Å²) in [6, 6.07) is 9.22. The van der Waals surface area contributed by atoms with Gasteiger partial charge in [0.15, 0.2) is 0 Å². The third kappa shape index (κ3) is 2.84. The fourth-order valence-corrected chi connectivity index (χ4v) is 3.79. The standard InChI is InChI=1S/C17H26N2O/c1-16(2)11-19(12-17(3,4)20-16)14-9-13-7-5-6-8-15(13)18-10-14/h5-8,14,18H,9-12H2,1-4H3. The first-order chi connectivity index (χ1) is 9.35. The van der Waals surface area contributed by atoms with Crippen molar-refractivity contribution in [1.82, 2.24) is 4.90 Å². The molecular weight excluding hydrogens is 248 g/mol. The maximum Gasteiger partial charge on any atom is 0.0760 e. The molecule has 0 aliphatic carbocycles. The highest BCUT2D eigenvalue weighted by Crippen LogP contribution is 2.32. The highest BCUT2D eigenvalue weighted by Gasteiger charge is 2.41. The molecule has 1 saturated heterocycles. The zero-order valence-corrected chi connectivity index (χ0v) is 13.1. The van der Waals surface area contributed by atoms with E-state index < -0.39 is 0 Å². The quantitative estimate of drug-likeness (QED) is 0.852. The normalized spacial score (nSPS) is 28.5. The van der Waals surface area contributed by atoms with Crippen molar-refractivity contribution >= 4 is 5.69 Å². The third-order valence-electron chi connectivity index (χ3n) is 4.24. The highest BCUT2D eigenvalue weighted by atomic mass is 16.5. The smallest absolute Gasteiger partial charge is 0.0760 e. The van der Waals surface area contributed by atoms with E-state index in [1.54, 1.807) is 0 Å². The van der Waals surface area contributed by atoms with Gasteiger partial charge in [0.2, 0.25) is 0 Å². The molecule has 20 heavy (non-hydrogen) atoms. The first kappa shape index (κ1) is 13.9. The van der Waals surface area contributed by atoms with Gasteiger partial charge in [-0.3, -0.25) is 4.90 Å². The second kappa shape index (κ2) is 4.74. The first-order valence-electron chi connectivity index (χ1n) is 7.61. The second-order valence-electron chi connectivity index (χ2n) is 7.42. The molecule has 0 spiro atoms. The van der Waals surface area contributed by atoms with Crippen LogP contribution in [0.1, 0.15) is 33.3 Å². The van der Waals surface area contributed by atoms with Crippen LogP contribution in [0, 0.1) is 0 Å². The zero-order chi connectivity index (χ0) is 14.4. The van der Waals surface area contributed by atoms with Crippen LogP contribution in [0.5, 0.6) is 0 Å². The Hall–Kier alpha value is -1.06. The van der Waals surface area contributed by atoms with E-state index in [9.17, 15) is 0 Å². The number of fused-ring (bicyclic) bond motifs is 1. The van der Waals surface area contributed by atoms with Crippen LogP contribution in [0.4, 0.5) is 5.69 Å². The number of hydrogen-bond donors (Lipinski definition) is 1. The van der Waals surface area contributed by atoms with Crippen molar-refractivity contribution in [2.75, 3.05) is 25.0 Å². The van der Waals surface area contributed by atoms with E-state index in [1.807, 2.05) is 0 Å². The van der Waals surface area contributed by atoms with Gasteiger partial charge in [-0.25, -0.2) is 0 Å². The van der Waals surface area contributed by atoms with Crippen molar-refractivity contribution in [3.63, 3.8) is 0 Å². The van der Waals surface area contributed by atoms with Crippen LogP contribution in [0.15, 0.2) is 24.3 Å². The molecule has 1 N–H and O–H groups in total. The molecule has 1 aromatic carbocycles. The van der Waals surface area contributed by atoms with E-state index in [0.29, 0.717) is 6.04 Å². The summed E-state index contributed by atoms with van der Waals surface area (Å²) in [7, 11) is 0. The SMILES string of the molecule is CC1(C)CN(C2CNc3ccccc3C2)CC(C)(C)O1. The predicted molar refractivity (Wildman–Crippen MR) is 83.2 cm³/mol. The number of para-hydroxylation sites is 1. The molecule has 0 aromatic heterocycles. The van der Waals surface area contributed by atoms with Crippen molar-refractivity contribution < 1.29 is 4.74 Å². The molecular formula is C17H26N2O. The lowest BCUT2D eigenvalue weighted by atomic mass is 9.93. The minimum Gasteiger partial charge on any atom is -0.383 e. The van der Waals surface area contributed by atoms with E-state index in [4.69, 9.17) is 4.74 Å². The minimum atomic E-state index is -0.0707. The van der Waals surface area contributed by atoms with Crippen molar-refractivity contribution in [3.8, 4) is 0 Å². The van der Waals surface area contributed by atoms with E-state index in [2.05, 4.69) is 62.2 Å². The van der Waals surface area contributed by atoms with Crippen LogP contribution in [0.2, 0.25) is 0 Å². The van der Waals surface area contributed by atoms with Crippen molar-refractivity contribution in [3.05, 3.63) is 29.8 Å². The van der Waals surface area contributed by atoms with E-state index in [1.165, 1.54) is 11.3 Å². The van der Waals surface area contributed by atoms with E-state index >= 15 is 0 Å². The summed E-state index contributed by atoms with van der Waals surface area (Å²) in [6.45, 7) is 11.8. The highest BCUT2D eigenvalue weighted by molar-refractivity contribution is 5.53. The van der Waals surface area contributed by atoms with Crippen LogP contribution in [0.25, 0.3) is 0 Å². The molecule has 3 rings (SSSR count). The van der Waals surface area contributed by atoms with Crippen LogP contribution in [-0.4, -0.2) is 41.8 Å². The Bertz CT molecular complexity index is 480. The van der Waals surface area contributed by atoms with Crippen molar-refractivity contribution in [2.24, 2.45) is 0 Å². The molecule has 2 aliphatic rings. The van der Waals surface area contributed by atoms with Crippen molar-refractivity contribution in [2.45, 2.75) is 51.4 Å². The lowest BCUT2D eigenvalue weighted by Crippen LogP contribution is -2.61. The van der Waals surface area contributed by atoms with Crippen LogP contribution in [0.3, 0.4) is 0 Å². The van der Waals surface area contributed by atoms with E-state index in [0.717, 1.165) is 26.1 Å². The Balaban J connectivity index is 1.77. The molecule has 3 heteroatoms. The fourth-order valence-electron chi connectivity index (χ4n) is 3.79. The predicted octanol–water partition coefficient (Wildman–Crippen LogP) is 2.91. The van der Waals surface area contributed by atoms with E-state index in [-0.39, 0.29) is 11.2 Å². The largest absolute Gasteiger partial charge is 0.383 e. The summed E-state index contributed by atoms with van der Waals surface area (Å²) in [5.41, 5.74) is 2.60. The van der Waals surface area contributed by atoms with Gasteiger partial charge in [0.1, 0.15) is 0 Å². The summed E-state index contributed by atoms with van der Waals surface area (Å²) in [4.78, 5) is 2.60. The maximum atomic E-state index is 6.19. The van der Waals surface area contributed by atoms with Gasteiger partial charge >= 0.3 is 0 Å². The van der Waals surface area contributed by atoms with Gasteiger partial charge in [-0.2, -0.15) is 0 Å². The van der Waals surface area contributed by atoms with Gasteiger partial charge in [-0.15, -0.1) is 0 Å². The molecule has 0 radical (unpaired) electrons. The van der Waals surface area contributed by atoms with Crippen LogP contribution in [-0.2, 0) is 11.2 Å². The Labute approximate surface area is 122 Å². The van der Waals surface area contributed by atoms with Crippen LogP contribution >= 0.6 is 0 Å².